The van der Waals surface area contributed by atoms with Gasteiger partial charge in [-0.3, -0.25) is 14.9 Å². The third-order valence-corrected chi connectivity index (χ3v) is 4.02. The Morgan fingerprint density at radius 3 is 2.71 bits per heavy atom. The second kappa shape index (κ2) is 7.22. The molecule has 0 spiro atoms. The van der Waals surface area contributed by atoms with E-state index in [0.29, 0.717) is 18.5 Å². The molecule has 8 heteroatoms. The van der Waals surface area contributed by atoms with E-state index in [-0.39, 0.29) is 17.9 Å². The van der Waals surface area contributed by atoms with Crippen molar-refractivity contribution in [1.82, 2.24) is 15.1 Å². The van der Waals surface area contributed by atoms with Crippen molar-refractivity contribution in [3.8, 4) is 5.69 Å². The predicted octanol–water partition coefficient (Wildman–Crippen LogP) is 2.06. The number of aromatic nitrogens is 2. The Labute approximate surface area is 139 Å². The van der Waals surface area contributed by atoms with E-state index >= 15 is 0 Å². The van der Waals surface area contributed by atoms with Crippen molar-refractivity contribution in [2.24, 2.45) is 0 Å². The highest BCUT2D eigenvalue weighted by atomic mass is 16.6. The van der Waals surface area contributed by atoms with E-state index in [9.17, 15) is 20.0 Å². The molecular formula is C16H20N4O4. The fourth-order valence-corrected chi connectivity index (χ4v) is 2.17. The SMILES string of the molecule is CCC(O)(CC)CNC(=O)c1ccn(-c2cccc([N+](=O)[O-])c2)n1. The van der Waals surface area contributed by atoms with Crippen LogP contribution in [0, 0.1) is 10.1 Å². The number of rotatable bonds is 7. The lowest BCUT2D eigenvalue weighted by molar-refractivity contribution is -0.384. The summed E-state index contributed by atoms with van der Waals surface area (Å²) < 4.78 is 1.40. The Morgan fingerprint density at radius 1 is 1.38 bits per heavy atom. The molecule has 0 fully saturated rings. The summed E-state index contributed by atoms with van der Waals surface area (Å²) in [6.07, 6.45) is 2.62. The average molecular weight is 332 g/mol. The average Bonchev–Trinajstić information content (AvgIpc) is 3.09. The molecule has 128 valence electrons. The molecule has 0 atom stereocenters. The quantitative estimate of drug-likeness (QED) is 0.595. The Kier molecular flexibility index (Phi) is 5.30. The van der Waals surface area contributed by atoms with Gasteiger partial charge in [-0.1, -0.05) is 19.9 Å². The summed E-state index contributed by atoms with van der Waals surface area (Å²) in [6, 6.07) is 7.50. The van der Waals surface area contributed by atoms with Crippen molar-refractivity contribution >= 4 is 11.6 Å². The van der Waals surface area contributed by atoms with E-state index in [0.717, 1.165) is 0 Å². The van der Waals surface area contributed by atoms with Crippen LogP contribution in [0.15, 0.2) is 36.5 Å². The van der Waals surface area contributed by atoms with Gasteiger partial charge in [-0.15, -0.1) is 0 Å². The smallest absolute Gasteiger partial charge is 0.271 e. The van der Waals surface area contributed by atoms with Gasteiger partial charge >= 0.3 is 0 Å². The van der Waals surface area contributed by atoms with Crippen molar-refractivity contribution in [1.29, 1.82) is 0 Å². The number of nitro benzene ring substituents is 1. The van der Waals surface area contributed by atoms with Crippen LogP contribution in [0.2, 0.25) is 0 Å². The van der Waals surface area contributed by atoms with E-state index in [2.05, 4.69) is 10.4 Å². The van der Waals surface area contributed by atoms with Gasteiger partial charge < -0.3 is 10.4 Å². The number of hydrogen-bond acceptors (Lipinski definition) is 5. The lowest BCUT2D eigenvalue weighted by Gasteiger charge is -2.25. The number of nitro groups is 1. The molecule has 0 aliphatic carbocycles. The highest BCUT2D eigenvalue weighted by Gasteiger charge is 2.23. The first-order chi connectivity index (χ1) is 11.4. The number of benzene rings is 1. The van der Waals surface area contributed by atoms with E-state index in [4.69, 9.17) is 0 Å². The van der Waals surface area contributed by atoms with E-state index in [1.807, 2.05) is 13.8 Å². The molecule has 2 N–H and O–H groups in total. The molecule has 0 bridgehead atoms. The topological polar surface area (TPSA) is 110 Å². The van der Waals surface area contributed by atoms with E-state index in [1.165, 1.54) is 22.9 Å². The minimum atomic E-state index is -0.932. The molecule has 0 saturated carbocycles. The van der Waals surface area contributed by atoms with Crippen molar-refractivity contribution in [2.45, 2.75) is 32.3 Å². The molecule has 0 radical (unpaired) electrons. The van der Waals surface area contributed by atoms with Gasteiger partial charge in [0.25, 0.3) is 11.6 Å². The van der Waals surface area contributed by atoms with Gasteiger partial charge in [0.2, 0.25) is 0 Å². The summed E-state index contributed by atoms with van der Waals surface area (Å²) in [5.74, 6) is -0.403. The van der Waals surface area contributed by atoms with Crippen molar-refractivity contribution < 1.29 is 14.8 Å². The van der Waals surface area contributed by atoms with Crippen molar-refractivity contribution in [3.63, 3.8) is 0 Å². The Bertz CT molecular complexity index is 737. The predicted molar refractivity (Wildman–Crippen MR) is 88.1 cm³/mol. The Hall–Kier alpha value is -2.74. The van der Waals surface area contributed by atoms with Crippen LogP contribution in [0.1, 0.15) is 37.2 Å². The fraction of sp³-hybridized carbons (Fsp3) is 0.375. The Morgan fingerprint density at radius 2 is 2.08 bits per heavy atom. The highest BCUT2D eigenvalue weighted by molar-refractivity contribution is 5.92. The van der Waals surface area contributed by atoms with Gasteiger partial charge in [0.15, 0.2) is 5.69 Å². The number of non-ortho nitro benzene ring substituents is 1. The van der Waals surface area contributed by atoms with Crippen LogP contribution in [-0.2, 0) is 0 Å². The number of carbonyl (C=O) groups excluding carboxylic acids is 1. The van der Waals surface area contributed by atoms with Gasteiger partial charge in [0, 0.05) is 24.9 Å². The molecule has 1 aromatic heterocycles. The molecule has 2 aromatic rings. The van der Waals surface area contributed by atoms with Crippen LogP contribution in [0.3, 0.4) is 0 Å². The van der Waals surface area contributed by atoms with Gasteiger partial charge in [-0.2, -0.15) is 5.10 Å². The maximum Gasteiger partial charge on any atom is 0.271 e. The Balaban J connectivity index is 2.11. The molecule has 1 aromatic carbocycles. The summed E-state index contributed by atoms with van der Waals surface area (Å²) in [5, 5.41) is 27.8. The van der Waals surface area contributed by atoms with E-state index < -0.39 is 16.4 Å². The zero-order chi connectivity index (χ0) is 17.7. The number of nitrogens with one attached hydrogen (secondary N) is 1. The molecule has 24 heavy (non-hydrogen) atoms. The molecule has 0 unspecified atom stereocenters. The first-order valence-electron chi connectivity index (χ1n) is 7.69. The number of hydrogen-bond donors (Lipinski definition) is 2. The summed E-state index contributed by atoms with van der Waals surface area (Å²) in [7, 11) is 0. The van der Waals surface area contributed by atoms with Crippen LogP contribution in [0.25, 0.3) is 5.69 Å². The largest absolute Gasteiger partial charge is 0.388 e. The zero-order valence-corrected chi connectivity index (χ0v) is 13.6. The summed E-state index contributed by atoms with van der Waals surface area (Å²) in [5.41, 5.74) is -0.318. The maximum atomic E-state index is 12.1. The molecule has 0 saturated heterocycles. The minimum absolute atomic E-state index is 0.0510. The summed E-state index contributed by atoms with van der Waals surface area (Å²) in [4.78, 5) is 22.5. The zero-order valence-electron chi connectivity index (χ0n) is 13.6. The molecule has 1 heterocycles. The van der Waals surface area contributed by atoms with Gasteiger partial charge in [0.1, 0.15) is 0 Å². The third kappa shape index (κ3) is 3.96. The van der Waals surface area contributed by atoms with Crippen LogP contribution >= 0.6 is 0 Å². The number of amides is 1. The lowest BCUT2D eigenvalue weighted by atomic mass is 9.97. The molecule has 8 nitrogen and oxygen atoms in total. The van der Waals surface area contributed by atoms with Crippen LogP contribution in [0.4, 0.5) is 5.69 Å². The first-order valence-corrected chi connectivity index (χ1v) is 7.69. The number of carbonyl (C=O) groups is 1. The van der Waals surface area contributed by atoms with Crippen molar-refractivity contribution in [2.75, 3.05) is 6.54 Å². The number of aliphatic hydroxyl groups is 1. The van der Waals surface area contributed by atoms with Crippen molar-refractivity contribution in [3.05, 3.63) is 52.3 Å². The molecule has 0 aliphatic heterocycles. The summed E-state index contributed by atoms with van der Waals surface area (Å²) in [6.45, 7) is 3.85. The molecule has 2 rings (SSSR count). The molecule has 1 amide bonds. The first kappa shape index (κ1) is 17.6. The number of nitrogens with zero attached hydrogens (tertiary/aromatic N) is 3. The fourth-order valence-electron chi connectivity index (χ4n) is 2.17. The van der Waals surface area contributed by atoms with E-state index in [1.54, 1.807) is 18.3 Å². The van der Waals surface area contributed by atoms with Gasteiger partial charge in [0.05, 0.1) is 16.2 Å². The molecular weight excluding hydrogens is 312 g/mol. The normalized spacial score (nSPS) is 11.3. The summed E-state index contributed by atoms with van der Waals surface area (Å²) >= 11 is 0. The van der Waals surface area contributed by atoms with Crippen LogP contribution in [-0.4, -0.2) is 37.9 Å². The van der Waals surface area contributed by atoms with Gasteiger partial charge in [-0.05, 0) is 25.0 Å². The standard InChI is InChI=1S/C16H20N4O4/c1-3-16(22,4-2)11-17-15(21)14-8-9-19(18-14)12-6-5-7-13(10-12)20(23)24/h5-10,22H,3-4,11H2,1-2H3,(H,17,21). The third-order valence-electron chi connectivity index (χ3n) is 4.02. The lowest BCUT2D eigenvalue weighted by Crippen LogP contribution is -2.42. The maximum absolute atomic E-state index is 12.1. The minimum Gasteiger partial charge on any atom is -0.388 e. The second-order valence-electron chi connectivity index (χ2n) is 5.54. The monoisotopic (exact) mass is 332 g/mol. The van der Waals surface area contributed by atoms with Gasteiger partial charge in [-0.25, -0.2) is 4.68 Å². The van der Waals surface area contributed by atoms with Crippen LogP contribution < -0.4 is 5.32 Å². The molecule has 0 aliphatic rings. The second-order valence-corrected chi connectivity index (χ2v) is 5.54. The highest BCUT2D eigenvalue weighted by Crippen LogP contribution is 2.17. The van der Waals surface area contributed by atoms with Crippen LogP contribution in [0.5, 0.6) is 0 Å².